The van der Waals surface area contributed by atoms with E-state index in [1.54, 1.807) is 4.31 Å². The van der Waals surface area contributed by atoms with Gasteiger partial charge in [0.15, 0.2) is 0 Å². The SMILES string of the molecule is CCC(CC)CN(CC)S(=O)(=O)C1CCCNC1. The molecule has 108 valence electrons. The Morgan fingerprint density at radius 2 is 1.94 bits per heavy atom. The Morgan fingerprint density at radius 1 is 1.28 bits per heavy atom. The third-order valence-electron chi connectivity index (χ3n) is 4.00. The van der Waals surface area contributed by atoms with Crippen molar-refractivity contribution < 1.29 is 8.42 Å². The molecule has 5 heteroatoms. The van der Waals surface area contributed by atoms with Gasteiger partial charge in [-0.15, -0.1) is 0 Å². The molecule has 1 saturated heterocycles. The van der Waals surface area contributed by atoms with E-state index in [-0.39, 0.29) is 5.25 Å². The molecule has 0 spiro atoms. The van der Waals surface area contributed by atoms with Gasteiger partial charge in [-0.1, -0.05) is 33.6 Å². The molecule has 0 radical (unpaired) electrons. The van der Waals surface area contributed by atoms with Crippen LogP contribution in [0.2, 0.25) is 0 Å². The van der Waals surface area contributed by atoms with Gasteiger partial charge in [0.25, 0.3) is 0 Å². The predicted molar refractivity (Wildman–Crippen MR) is 76.1 cm³/mol. The second-order valence-electron chi connectivity index (χ2n) is 5.15. The van der Waals surface area contributed by atoms with Crippen molar-refractivity contribution in [3.8, 4) is 0 Å². The highest BCUT2D eigenvalue weighted by molar-refractivity contribution is 7.89. The largest absolute Gasteiger partial charge is 0.315 e. The summed E-state index contributed by atoms with van der Waals surface area (Å²) in [5.74, 6) is 0.483. The smallest absolute Gasteiger partial charge is 0.218 e. The Hall–Kier alpha value is -0.130. The summed E-state index contributed by atoms with van der Waals surface area (Å²) in [6.07, 6.45) is 3.86. The second-order valence-corrected chi connectivity index (χ2v) is 7.36. The van der Waals surface area contributed by atoms with Gasteiger partial charge in [-0.05, 0) is 25.3 Å². The first-order chi connectivity index (χ1) is 8.56. The molecule has 1 rings (SSSR count). The molecule has 0 saturated carbocycles. The summed E-state index contributed by atoms with van der Waals surface area (Å²) in [6.45, 7) is 9.05. The summed E-state index contributed by atoms with van der Waals surface area (Å²) >= 11 is 0. The minimum Gasteiger partial charge on any atom is -0.315 e. The highest BCUT2D eigenvalue weighted by Crippen LogP contribution is 2.19. The highest BCUT2D eigenvalue weighted by atomic mass is 32.2. The molecule has 1 aliphatic rings. The lowest BCUT2D eigenvalue weighted by Crippen LogP contribution is -2.47. The van der Waals surface area contributed by atoms with Crippen molar-refractivity contribution >= 4 is 10.0 Å². The Bertz CT molecular complexity index is 320. The zero-order chi connectivity index (χ0) is 13.6. The van der Waals surface area contributed by atoms with E-state index < -0.39 is 10.0 Å². The first-order valence-corrected chi connectivity index (χ1v) is 8.76. The quantitative estimate of drug-likeness (QED) is 0.772. The van der Waals surface area contributed by atoms with Gasteiger partial charge in [0.05, 0.1) is 5.25 Å². The van der Waals surface area contributed by atoms with Gasteiger partial charge in [0.1, 0.15) is 0 Å². The van der Waals surface area contributed by atoms with E-state index in [1.807, 2.05) is 6.92 Å². The summed E-state index contributed by atoms with van der Waals surface area (Å²) in [6, 6.07) is 0. The zero-order valence-corrected chi connectivity index (χ0v) is 12.8. The number of sulfonamides is 1. The first kappa shape index (κ1) is 15.9. The maximum atomic E-state index is 12.6. The molecule has 1 unspecified atom stereocenters. The Morgan fingerprint density at radius 3 is 2.39 bits per heavy atom. The van der Waals surface area contributed by atoms with Crippen molar-refractivity contribution in [2.45, 2.75) is 51.7 Å². The number of nitrogens with zero attached hydrogens (tertiary/aromatic N) is 1. The minimum absolute atomic E-state index is 0.222. The summed E-state index contributed by atoms with van der Waals surface area (Å²) < 4.78 is 26.8. The maximum absolute atomic E-state index is 12.6. The third kappa shape index (κ3) is 3.93. The topological polar surface area (TPSA) is 49.4 Å². The van der Waals surface area contributed by atoms with Crippen molar-refractivity contribution in [3.05, 3.63) is 0 Å². The number of hydrogen-bond donors (Lipinski definition) is 1. The van der Waals surface area contributed by atoms with Gasteiger partial charge in [0.2, 0.25) is 10.0 Å². The van der Waals surface area contributed by atoms with E-state index in [0.717, 1.165) is 32.2 Å². The maximum Gasteiger partial charge on any atom is 0.218 e. The number of piperidine rings is 1. The second kappa shape index (κ2) is 7.46. The van der Waals surface area contributed by atoms with Crippen LogP contribution in [0.3, 0.4) is 0 Å². The molecule has 1 atom stereocenters. The number of nitrogens with one attached hydrogen (secondary N) is 1. The fraction of sp³-hybridized carbons (Fsp3) is 1.00. The molecule has 1 N–H and O–H groups in total. The van der Waals surface area contributed by atoms with Crippen LogP contribution < -0.4 is 5.32 Å². The van der Waals surface area contributed by atoms with Crippen LogP contribution in [0.25, 0.3) is 0 Å². The van der Waals surface area contributed by atoms with Crippen LogP contribution in [-0.2, 0) is 10.0 Å². The average Bonchev–Trinajstić information content (AvgIpc) is 2.41. The number of hydrogen-bond acceptors (Lipinski definition) is 3. The van der Waals surface area contributed by atoms with E-state index in [2.05, 4.69) is 19.2 Å². The van der Waals surface area contributed by atoms with Gasteiger partial charge in [0, 0.05) is 19.6 Å². The molecular formula is C13H28N2O2S. The molecule has 0 aromatic carbocycles. The zero-order valence-electron chi connectivity index (χ0n) is 12.0. The molecule has 1 heterocycles. The summed E-state index contributed by atoms with van der Waals surface area (Å²) in [7, 11) is -3.12. The van der Waals surface area contributed by atoms with Crippen LogP contribution in [-0.4, -0.2) is 44.2 Å². The summed E-state index contributed by atoms with van der Waals surface area (Å²) in [4.78, 5) is 0. The fourth-order valence-electron chi connectivity index (χ4n) is 2.53. The molecule has 0 bridgehead atoms. The van der Waals surface area contributed by atoms with E-state index in [0.29, 0.717) is 25.6 Å². The fourth-order valence-corrected chi connectivity index (χ4v) is 4.53. The lowest BCUT2D eigenvalue weighted by atomic mass is 10.0. The van der Waals surface area contributed by atoms with E-state index in [9.17, 15) is 8.42 Å². The van der Waals surface area contributed by atoms with E-state index in [1.165, 1.54) is 0 Å². The first-order valence-electron chi connectivity index (χ1n) is 7.25. The van der Waals surface area contributed by atoms with Crippen LogP contribution in [0.15, 0.2) is 0 Å². The van der Waals surface area contributed by atoms with Gasteiger partial charge >= 0.3 is 0 Å². The van der Waals surface area contributed by atoms with Gasteiger partial charge in [-0.25, -0.2) is 12.7 Å². The van der Waals surface area contributed by atoms with Gasteiger partial charge < -0.3 is 5.32 Å². The molecule has 0 aromatic heterocycles. The van der Waals surface area contributed by atoms with Gasteiger partial charge in [-0.3, -0.25) is 0 Å². The molecule has 0 amide bonds. The molecular weight excluding hydrogens is 248 g/mol. The van der Waals surface area contributed by atoms with E-state index in [4.69, 9.17) is 0 Å². The molecule has 4 nitrogen and oxygen atoms in total. The number of rotatable bonds is 7. The summed E-state index contributed by atoms with van der Waals surface area (Å²) in [5.41, 5.74) is 0. The lowest BCUT2D eigenvalue weighted by molar-refractivity contribution is 0.331. The van der Waals surface area contributed by atoms with Crippen LogP contribution >= 0.6 is 0 Å². The predicted octanol–water partition coefficient (Wildman–Crippen LogP) is 1.83. The highest BCUT2D eigenvalue weighted by Gasteiger charge is 2.32. The van der Waals surface area contributed by atoms with Crippen LogP contribution in [0.1, 0.15) is 46.5 Å². The standard InChI is InChI=1S/C13H28N2O2S/c1-4-12(5-2)11-15(6-3)18(16,17)13-8-7-9-14-10-13/h12-14H,4-11H2,1-3H3. The molecule has 0 aliphatic carbocycles. The average molecular weight is 276 g/mol. The molecule has 0 aromatic rings. The van der Waals surface area contributed by atoms with Crippen LogP contribution in [0, 0.1) is 5.92 Å². The minimum atomic E-state index is -3.12. The third-order valence-corrected chi connectivity index (χ3v) is 6.37. The van der Waals surface area contributed by atoms with Crippen molar-refractivity contribution in [1.82, 2.24) is 9.62 Å². The van der Waals surface area contributed by atoms with Crippen molar-refractivity contribution in [2.75, 3.05) is 26.2 Å². The van der Waals surface area contributed by atoms with Gasteiger partial charge in [-0.2, -0.15) is 0 Å². The van der Waals surface area contributed by atoms with Crippen LogP contribution in [0.5, 0.6) is 0 Å². The van der Waals surface area contributed by atoms with Crippen molar-refractivity contribution in [2.24, 2.45) is 5.92 Å². The van der Waals surface area contributed by atoms with Crippen LogP contribution in [0.4, 0.5) is 0 Å². The molecule has 1 fully saturated rings. The van der Waals surface area contributed by atoms with E-state index >= 15 is 0 Å². The van der Waals surface area contributed by atoms with Crippen molar-refractivity contribution in [3.63, 3.8) is 0 Å². The monoisotopic (exact) mass is 276 g/mol. The normalized spacial score (nSPS) is 21.7. The Kier molecular flexibility index (Phi) is 6.60. The molecule has 18 heavy (non-hydrogen) atoms. The Labute approximate surface area is 112 Å². The summed E-state index contributed by atoms with van der Waals surface area (Å²) in [5, 5.41) is 2.97. The Balaban J connectivity index is 2.72. The van der Waals surface area contributed by atoms with Crippen molar-refractivity contribution in [1.29, 1.82) is 0 Å². The molecule has 1 aliphatic heterocycles. The lowest BCUT2D eigenvalue weighted by Gasteiger charge is -2.31.